The van der Waals surface area contributed by atoms with E-state index in [1.807, 2.05) is 0 Å². The fourth-order valence-electron chi connectivity index (χ4n) is 2.92. The van der Waals surface area contributed by atoms with E-state index in [4.69, 9.17) is 0 Å². The van der Waals surface area contributed by atoms with Crippen LogP contribution in [0.5, 0.6) is 0 Å². The normalized spacial score (nSPS) is 24.5. The zero-order chi connectivity index (χ0) is 12.5. The van der Waals surface area contributed by atoms with E-state index in [0.717, 1.165) is 25.7 Å². The molecule has 17 heavy (non-hydrogen) atoms. The maximum atomic E-state index is 12.0. The highest BCUT2D eigenvalue weighted by molar-refractivity contribution is 8.08. The largest absolute Gasteiger partial charge is 0.227 e. The van der Waals surface area contributed by atoms with Gasteiger partial charge in [-0.05, 0) is 25.7 Å². The molecule has 4 nitrogen and oxygen atoms in total. The molecular formula is C11H20O4S2. The summed E-state index contributed by atoms with van der Waals surface area (Å²) in [5, 5.41) is -1.42. The minimum Gasteiger partial charge on any atom is -0.227 e. The molecule has 0 unspecified atom stereocenters. The second-order valence-electron chi connectivity index (χ2n) is 5.26. The minimum atomic E-state index is -3.44. The summed E-state index contributed by atoms with van der Waals surface area (Å²) in [5.41, 5.74) is 0. The molecule has 0 atom stereocenters. The smallest absolute Gasteiger partial charge is 0.167 e. The summed E-state index contributed by atoms with van der Waals surface area (Å²) in [6.45, 7) is 0. The Morgan fingerprint density at radius 1 is 0.647 bits per heavy atom. The summed E-state index contributed by atoms with van der Waals surface area (Å²) >= 11 is 0. The van der Waals surface area contributed by atoms with E-state index in [1.54, 1.807) is 0 Å². The van der Waals surface area contributed by atoms with Gasteiger partial charge in [0.1, 0.15) is 0 Å². The quantitative estimate of drug-likeness (QED) is 0.785. The molecule has 0 N–H and O–H groups in total. The van der Waals surface area contributed by atoms with Crippen molar-refractivity contribution in [1.29, 1.82) is 0 Å². The zero-order valence-electron chi connectivity index (χ0n) is 9.97. The summed E-state index contributed by atoms with van der Waals surface area (Å²) in [4.78, 5) is 0. The lowest BCUT2D eigenvalue weighted by atomic mass is 10.4. The van der Waals surface area contributed by atoms with Crippen LogP contribution in [0.2, 0.25) is 0 Å². The first kappa shape index (κ1) is 13.3. The summed E-state index contributed by atoms with van der Waals surface area (Å²) < 4.78 is 48.1. The van der Waals surface area contributed by atoms with Gasteiger partial charge in [0.15, 0.2) is 24.8 Å². The lowest BCUT2D eigenvalue weighted by Gasteiger charge is -2.14. The Bertz CT molecular complexity index is 408. The molecule has 0 heterocycles. The molecule has 2 aliphatic carbocycles. The van der Waals surface area contributed by atoms with Crippen LogP contribution in [0, 0.1) is 0 Å². The SMILES string of the molecule is O=S(=O)(CS(=O)(=O)C1CCCC1)C1CCCC1. The summed E-state index contributed by atoms with van der Waals surface area (Å²) in [6, 6.07) is 0. The second-order valence-corrected chi connectivity index (χ2v) is 10.2. The van der Waals surface area contributed by atoms with Crippen molar-refractivity contribution in [2.75, 3.05) is 5.08 Å². The molecule has 0 aliphatic heterocycles. The third kappa shape index (κ3) is 3.02. The van der Waals surface area contributed by atoms with Crippen molar-refractivity contribution in [3.8, 4) is 0 Å². The lowest BCUT2D eigenvalue weighted by molar-refractivity contribution is 0.571. The minimum absolute atomic E-state index is 0.404. The van der Waals surface area contributed by atoms with Crippen LogP contribution < -0.4 is 0 Å². The average molecular weight is 280 g/mol. The van der Waals surface area contributed by atoms with Crippen molar-refractivity contribution in [2.24, 2.45) is 0 Å². The van der Waals surface area contributed by atoms with Crippen LogP contribution in [0.3, 0.4) is 0 Å². The van der Waals surface area contributed by atoms with Crippen molar-refractivity contribution in [3.05, 3.63) is 0 Å². The average Bonchev–Trinajstić information content (AvgIpc) is 2.91. The molecule has 0 aromatic rings. The van der Waals surface area contributed by atoms with Crippen molar-refractivity contribution < 1.29 is 16.8 Å². The van der Waals surface area contributed by atoms with Gasteiger partial charge >= 0.3 is 0 Å². The highest BCUT2D eigenvalue weighted by Crippen LogP contribution is 2.30. The fourth-order valence-corrected chi connectivity index (χ4v) is 8.39. The number of sulfone groups is 2. The lowest BCUT2D eigenvalue weighted by Crippen LogP contribution is -2.31. The van der Waals surface area contributed by atoms with Gasteiger partial charge in [0, 0.05) is 0 Å². The predicted molar refractivity (Wildman–Crippen MR) is 67.2 cm³/mol. The molecular weight excluding hydrogens is 260 g/mol. The van der Waals surface area contributed by atoms with Gasteiger partial charge in [0.2, 0.25) is 0 Å². The van der Waals surface area contributed by atoms with Gasteiger partial charge in [-0.2, -0.15) is 0 Å². The molecule has 6 heteroatoms. The molecule has 0 aromatic carbocycles. The van der Waals surface area contributed by atoms with Crippen LogP contribution in [0.25, 0.3) is 0 Å². The molecule has 100 valence electrons. The van der Waals surface area contributed by atoms with E-state index in [-0.39, 0.29) is 0 Å². The molecule has 0 radical (unpaired) electrons. The van der Waals surface area contributed by atoms with E-state index in [1.165, 1.54) is 0 Å². The van der Waals surface area contributed by atoms with Gasteiger partial charge in [-0.3, -0.25) is 0 Å². The van der Waals surface area contributed by atoms with Crippen LogP contribution in [-0.2, 0) is 19.7 Å². The highest BCUT2D eigenvalue weighted by Gasteiger charge is 2.37. The Morgan fingerprint density at radius 2 is 0.941 bits per heavy atom. The molecule has 2 rings (SSSR count). The Morgan fingerprint density at radius 3 is 1.24 bits per heavy atom. The first-order valence-electron chi connectivity index (χ1n) is 6.35. The van der Waals surface area contributed by atoms with Gasteiger partial charge < -0.3 is 0 Å². The van der Waals surface area contributed by atoms with Gasteiger partial charge in [0.25, 0.3) is 0 Å². The second kappa shape index (κ2) is 4.88. The summed E-state index contributed by atoms with van der Waals surface area (Å²) in [5.74, 6) is 0. The molecule has 2 aliphatic rings. The monoisotopic (exact) mass is 280 g/mol. The maximum absolute atomic E-state index is 12.0. The number of hydrogen-bond donors (Lipinski definition) is 0. The zero-order valence-corrected chi connectivity index (χ0v) is 11.6. The van der Waals surface area contributed by atoms with Crippen LogP contribution in [0.1, 0.15) is 51.4 Å². The predicted octanol–water partition coefficient (Wildman–Crippen LogP) is 1.66. The highest BCUT2D eigenvalue weighted by atomic mass is 32.3. The fraction of sp³-hybridized carbons (Fsp3) is 1.00. The Kier molecular flexibility index (Phi) is 3.83. The van der Waals surface area contributed by atoms with E-state index in [0.29, 0.717) is 25.7 Å². The standard InChI is InChI=1S/C11H20O4S2/c12-16(13,10-5-1-2-6-10)9-17(14,15)11-7-3-4-8-11/h10-11H,1-9H2. The topological polar surface area (TPSA) is 68.3 Å². The summed E-state index contributed by atoms with van der Waals surface area (Å²) in [6.07, 6.45) is 6.21. The van der Waals surface area contributed by atoms with E-state index >= 15 is 0 Å². The van der Waals surface area contributed by atoms with Gasteiger partial charge in [-0.1, -0.05) is 25.7 Å². The Balaban J connectivity index is 2.08. The van der Waals surface area contributed by atoms with Crippen molar-refractivity contribution >= 4 is 19.7 Å². The first-order valence-corrected chi connectivity index (χ1v) is 9.78. The van der Waals surface area contributed by atoms with Gasteiger partial charge in [-0.25, -0.2) is 16.8 Å². The number of hydrogen-bond acceptors (Lipinski definition) is 4. The number of rotatable bonds is 4. The third-order valence-corrected chi connectivity index (χ3v) is 9.55. The van der Waals surface area contributed by atoms with E-state index < -0.39 is 35.3 Å². The van der Waals surface area contributed by atoms with Crippen LogP contribution in [0.4, 0.5) is 0 Å². The van der Waals surface area contributed by atoms with Crippen LogP contribution >= 0.6 is 0 Å². The Hall–Kier alpha value is -0.100. The van der Waals surface area contributed by atoms with Gasteiger partial charge in [0.05, 0.1) is 10.5 Å². The van der Waals surface area contributed by atoms with E-state index in [9.17, 15) is 16.8 Å². The molecule has 2 fully saturated rings. The van der Waals surface area contributed by atoms with Crippen LogP contribution in [0.15, 0.2) is 0 Å². The molecule has 0 bridgehead atoms. The van der Waals surface area contributed by atoms with Gasteiger partial charge in [-0.15, -0.1) is 0 Å². The van der Waals surface area contributed by atoms with Crippen molar-refractivity contribution in [2.45, 2.75) is 61.9 Å². The molecule has 2 saturated carbocycles. The summed E-state index contributed by atoms with van der Waals surface area (Å²) in [7, 11) is -6.89. The molecule has 0 aromatic heterocycles. The van der Waals surface area contributed by atoms with E-state index in [2.05, 4.69) is 0 Å². The third-order valence-electron chi connectivity index (χ3n) is 3.95. The Labute approximate surface area is 104 Å². The maximum Gasteiger partial charge on any atom is 0.167 e. The first-order chi connectivity index (χ1) is 7.92. The molecule has 0 saturated heterocycles. The molecule has 0 spiro atoms. The molecule has 0 amide bonds. The van der Waals surface area contributed by atoms with Crippen LogP contribution in [-0.4, -0.2) is 32.4 Å². The van der Waals surface area contributed by atoms with Crippen molar-refractivity contribution in [1.82, 2.24) is 0 Å². The van der Waals surface area contributed by atoms with Crippen molar-refractivity contribution in [3.63, 3.8) is 0 Å².